The van der Waals surface area contributed by atoms with Gasteiger partial charge in [-0.25, -0.2) is 4.98 Å². The Hall–Kier alpha value is -3.42. The summed E-state index contributed by atoms with van der Waals surface area (Å²) >= 11 is 0. The number of nitrogens with zero attached hydrogens (tertiary/aromatic N) is 5. The maximum atomic E-state index is 12.9. The number of likely N-dealkylation sites (tertiary alicyclic amines) is 1. The number of piperidine rings is 2. The number of hydrogen-bond acceptors (Lipinski definition) is 7. The van der Waals surface area contributed by atoms with Crippen molar-refractivity contribution in [1.82, 2.24) is 20.0 Å². The minimum Gasteiger partial charge on any atom is -0.484 e. The van der Waals surface area contributed by atoms with Crippen LogP contribution in [0.1, 0.15) is 50.5 Å². The fraction of sp³-hybridized carbons (Fsp3) is 0.440. The summed E-state index contributed by atoms with van der Waals surface area (Å²) in [7, 11) is 0. The van der Waals surface area contributed by atoms with Gasteiger partial charge in [0.25, 0.3) is 5.91 Å². The van der Waals surface area contributed by atoms with Gasteiger partial charge in [0.05, 0.1) is 0 Å². The molecule has 1 amide bonds. The highest BCUT2D eigenvalue weighted by Gasteiger charge is 2.32. The van der Waals surface area contributed by atoms with Crippen LogP contribution in [-0.4, -0.2) is 52.2 Å². The van der Waals surface area contributed by atoms with Crippen LogP contribution >= 0.6 is 0 Å². The standard InChI is InChI=1S/C25H29N5O3/c31-23(18-32-20-9-3-1-4-10-20)30-16-8-5-11-21(30)25-27-24(28-33-25)19-12-13-26-22(17-19)29-14-6-2-7-15-29/h1,3-4,9-10,12-13,17,21H,2,5-8,11,14-16,18H2/t21-/m1/s1. The molecule has 0 radical (unpaired) electrons. The van der Waals surface area contributed by atoms with Crippen molar-refractivity contribution < 1.29 is 14.1 Å². The second-order valence-electron chi connectivity index (χ2n) is 8.61. The minimum atomic E-state index is -0.227. The molecule has 1 atom stereocenters. The van der Waals surface area contributed by atoms with Crippen molar-refractivity contribution in [2.45, 2.75) is 44.6 Å². The predicted octanol–water partition coefficient (Wildman–Crippen LogP) is 4.25. The molecule has 0 aliphatic carbocycles. The van der Waals surface area contributed by atoms with Crippen molar-refractivity contribution >= 4 is 11.7 Å². The van der Waals surface area contributed by atoms with Crippen LogP contribution in [-0.2, 0) is 4.79 Å². The summed E-state index contributed by atoms with van der Waals surface area (Å²) in [6.07, 6.45) is 8.23. The minimum absolute atomic E-state index is 0.00887. The number of amides is 1. The quantitative estimate of drug-likeness (QED) is 0.558. The Bertz CT molecular complexity index is 1060. The van der Waals surface area contributed by atoms with Gasteiger partial charge in [0, 0.05) is 31.4 Å². The average Bonchev–Trinajstić information content (AvgIpc) is 3.39. The second kappa shape index (κ2) is 10.0. The second-order valence-corrected chi connectivity index (χ2v) is 8.61. The number of carbonyl (C=O) groups excluding carboxylic acids is 1. The summed E-state index contributed by atoms with van der Waals surface area (Å²) in [5.41, 5.74) is 0.877. The molecular weight excluding hydrogens is 418 g/mol. The van der Waals surface area contributed by atoms with E-state index in [0.717, 1.165) is 43.7 Å². The first-order valence-electron chi connectivity index (χ1n) is 11.8. The summed E-state index contributed by atoms with van der Waals surface area (Å²) in [5, 5.41) is 4.23. The Kier molecular flexibility index (Phi) is 6.51. The van der Waals surface area contributed by atoms with Crippen LogP contribution in [0.15, 0.2) is 53.2 Å². The van der Waals surface area contributed by atoms with Gasteiger partial charge in [-0.15, -0.1) is 0 Å². The smallest absolute Gasteiger partial charge is 0.261 e. The molecule has 0 bridgehead atoms. The van der Waals surface area contributed by atoms with Crippen LogP contribution in [0.3, 0.4) is 0 Å². The number of hydrogen-bond donors (Lipinski definition) is 0. The number of pyridine rings is 1. The molecule has 3 aromatic rings. The van der Waals surface area contributed by atoms with Crippen molar-refractivity contribution in [1.29, 1.82) is 0 Å². The monoisotopic (exact) mass is 447 g/mol. The van der Waals surface area contributed by atoms with E-state index in [2.05, 4.69) is 20.0 Å². The van der Waals surface area contributed by atoms with Crippen molar-refractivity contribution in [2.75, 3.05) is 31.1 Å². The van der Waals surface area contributed by atoms with E-state index < -0.39 is 0 Å². The van der Waals surface area contributed by atoms with E-state index in [1.54, 1.807) is 6.20 Å². The van der Waals surface area contributed by atoms with Gasteiger partial charge in [0.1, 0.15) is 17.6 Å². The Balaban J connectivity index is 1.30. The van der Waals surface area contributed by atoms with Gasteiger partial charge < -0.3 is 19.1 Å². The molecule has 8 heteroatoms. The van der Waals surface area contributed by atoms with Crippen molar-refractivity contribution in [3.05, 3.63) is 54.6 Å². The summed E-state index contributed by atoms with van der Waals surface area (Å²) in [4.78, 5) is 26.3. The Morgan fingerprint density at radius 1 is 1.03 bits per heavy atom. The molecule has 2 fully saturated rings. The van der Waals surface area contributed by atoms with E-state index >= 15 is 0 Å². The first-order valence-corrected chi connectivity index (χ1v) is 11.8. The molecule has 8 nitrogen and oxygen atoms in total. The number of carbonyl (C=O) groups is 1. The predicted molar refractivity (Wildman–Crippen MR) is 124 cm³/mol. The van der Waals surface area contributed by atoms with Crippen LogP contribution < -0.4 is 9.64 Å². The first kappa shape index (κ1) is 21.4. The van der Waals surface area contributed by atoms with Gasteiger partial charge in [-0.3, -0.25) is 4.79 Å². The van der Waals surface area contributed by atoms with Crippen LogP contribution in [0.2, 0.25) is 0 Å². The molecule has 0 spiro atoms. The zero-order valence-electron chi connectivity index (χ0n) is 18.7. The number of anilines is 1. The normalized spacial score (nSPS) is 18.8. The van der Waals surface area contributed by atoms with Crippen molar-refractivity contribution in [3.8, 4) is 17.1 Å². The van der Waals surface area contributed by atoms with Gasteiger partial charge in [0.15, 0.2) is 6.61 Å². The zero-order valence-corrected chi connectivity index (χ0v) is 18.7. The van der Waals surface area contributed by atoms with Crippen LogP contribution in [0.5, 0.6) is 5.75 Å². The van der Waals surface area contributed by atoms with Gasteiger partial charge >= 0.3 is 0 Å². The fourth-order valence-electron chi connectivity index (χ4n) is 4.57. The van der Waals surface area contributed by atoms with E-state index in [1.165, 1.54) is 19.3 Å². The number of rotatable bonds is 6. The maximum Gasteiger partial charge on any atom is 0.261 e. The van der Waals surface area contributed by atoms with Crippen molar-refractivity contribution in [2.24, 2.45) is 0 Å². The largest absolute Gasteiger partial charge is 0.484 e. The van der Waals surface area contributed by atoms with Crippen LogP contribution in [0.4, 0.5) is 5.82 Å². The van der Waals surface area contributed by atoms with Crippen LogP contribution in [0, 0.1) is 0 Å². The van der Waals surface area contributed by atoms with Crippen LogP contribution in [0.25, 0.3) is 11.4 Å². The molecule has 5 rings (SSSR count). The highest BCUT2D eigenvalue weighted by molar-refractivity contribution is 5.78. The molecule has 4 heterocycles. The third-order valence-corrected chi connectivity index (χ3v) is 6.34. The number of ether oxygens (including phenoxy) is 1. The maximum absolute atomic E-state index is 12.9. The van der Waals surface area contributed by atoms with E-state index in [9.17, 15) is 4.79 Å². The molecule has 2 saturated heterocycles. The Labute approximate surface area is 193 Å². The molecule has 33 heavy (non-hydrogen) atoms. The molecule has 0 unspecified atom stereocenters. The van der Waals surface area contributed by atoms with Gasteiger partial charge in [-0.05, 0) is 62.8 Å². The number of aromatic nitrogens is 3. The number of para-hydroxylation sites is 1. The molecular formula is C25H29N5O3. The molecule has 1 aromatic carbocycles. The molecule has 172 valence electrons. The molecule has 2 aromatic heterocycles. The third-order valence-electron chi connectivity index (χ3n) is 6.34. The third kappa shape index (κ3) is 4.99. The summed E-state index contributed by atoms with van der Waals surface area (Å²) < 4.78 is 11.3. The highest BCUT2D eigenvalue weighted by atomic mass is 16.5. The summed E-state index contributed by atoms with van der Waals surface area (Å²) in [5.74, 6) is 2.57. The summed E-state index contributed by atoms with van der Waals surface area (Å²) in [6, 6.07) is 13.1. The lowest BCUT2D eigenvalue weighted by Gasteiger charge is -2.33. The fourth-order valence-corrected chi connectivity index (χ4v) is 4.57. The van der Waals surface area contributed by atoms with Crippen molar-refractivity contribution in [3.63, 3.8) is 0 Å². The van der Waals surface area contributed by atoms with Gasteiger partial charge in [-0.2, -0.15) is 4.98 Å². The molecule has 0 N–H and O–H groups in total. The summed E-state index contributed by atoms with van der Waals surface area (Å²) in [6.45, 7) is 2.70. The van der Waals surface area contributed by atoms with E-state index in [1.807, 2.05) is 47.4 Å². The van der Waals surface area contributed by atoms with Gasteiger partial charge in [0.2, 0.25) is 11.7 Å². The molecule has 2 aliphatic rings. The SMILES string of the molecule is O=C(COc1ccccc1)N1CCCC[C@@H]1c1nc(-c2ccnc(N3CCCCC3)c2)no1. The average molecular weight is 448 g/mol. The Morgan fingerprint density at radius 3 is 2.70 bits per heavy atom. The molecule has 0 saturated carbocycles. The highest BCUT2D eigenvalue weighted by Crippen LogP contribution is 2.32. The van der Waals surface area contributed by atoms with E-state index in [-0.39, 0.29) is 18.6 Å². The van der Waals surface area contributed by atoms with E-state index in [0.29, 0.717) is 24.0 Å². The first-order chi connectivity index (χ1) is 16.3. The van der Waals surface area contributed by atoms with E-state index in [4.69, 9.17) is 9.26 Å². The van der Waals surface area contributed by atoms with Gasteiger partial charge in [-0.1, -0.05) is 23.4 Å². The molecule has 2 aliphatic heterocycles. The lowest BCUT2D eigenvalue weighted by atomic mass is 10.0. The lowest BCUT2D eigenvalue weighted by molar-refractivity contribution is -0.138. The topological polar surface area (TPSA) is 84.6 Å². The Morgan fingerprint density at radius 2 is 1.85 bits per heavy atom. The lowest BCUT2D eigenvalue weighted by Crippen LogP contribution is -2.41. The zero-order chi connectivity index (χ0) is 22.5. The number of benzene rings is 1.